The molecule has 92 valence electrons. The van der Waals surface area contributed by atoms with Crippen LogP contribution in [0.1, 0.15) is 36.7 Å². The highest BCUT2D eigenvalue weighted by Crippen LogP contribution is 2.32. The molecule has 1 rings (SSSR count). The zero-order chi connectivity index (χ0) is 13.2. The Morgan fingerprint density at radius 1 is 1.29 bits per heavy atom. The molecule has 0 aliphatic carbocycles. The van der Waals surface area contributed by atoms with Crippen molar-refractivity contribution in [3.63, 3.8) is 0 Å². The van der Waals surface area contributed by atoms with Crippen LogP contribution in [0, 0.1) is 0 Å². The summed E-state index contributed by atoms with van der Waals surface area (Å²) in [5.74, 6) is -0.716. The highest BCUT2D eigenvalue weighted by Gasteiger charge is 2.14. The van der Waals surface area contributed by atoms with Crippen molar-refractivity contribution >= 4 is 11.9 Å². The Balaban J connectivity index is 3.28. The normalized spacial score (nSPS) is 12.0. The standard InChI is InChI=1S/C13H16O4/c1-8(14)9-4-5-11(15)10(12(9)16)6-7-13(2,3)17/h4-7,15-17H,1-3H3/b7-6+. The van der Waals surface area contributed by atoms with E-state index in [1.54, 1.807) is 13.8 Å². The first-order valence-corrected chi connectivity index (χ1v) is 5.20. The van der Waals surface area contributed by atoms with Gasteiger partial charge in [0.1, 0.15) is 11.5 Å². The van der Waals surface area contributed by atoms with Crippen LogP contribution in [-0.2, 0) is 0 Å². The first-order valence-electron chi connectivity index (χ1n) is 5.20. The molecule has 17 heavy (non-hydrogen) atoms. The lowest BCUT2D eigenvalue weighted by molar-refractivity contribution is 0.101. The number of aromatic hydroxyl groups is 2. The van der Waals surface area contributed by atoms with Crippen molar-refractivity contribution in [3.05, 3.63) is 29.3 Å². The van der Waals surface area contributed by atoms with E-state index in [1.165, 1.54) is 31.2 Å². The highest BCUT2D eigenvalue weighted by molar-refractivity contribution is 5.98. The number of Topliss-reactive ketones (excluding diaryl/α,β-unsaturated/α-hetero) is 1. The average Bonchev–Trinajstić information content (AvgIpc) is 2.14. The molecule has 0 saturated carbocycles. The smallest absolute Gasteiger partial charge is 0.163 e. The molecule has 0 heterocycles. The maximum Gasteiger partial charge on any atom is 0.163 e. The number of phenolic OH excluding ortho intramolecular Hbond substituents is 2. The second kappa shape index (κ2) is 4.59. The van der Waals surface area contributed by atoms with Crippen LogP contribution in [0.15, 0.2) is 18.2 Å². The number of benzene rings is 1. The maximum absolute atomic E-state index is 11.2. The minimum absolute atomic E-state index is 0.125. The number of hydrogen-bond acceptors (Lipinski definition) is 4. The van der Waals surface area contributed by atoms with E-state index in [2.05, 4.69) is 0 Å². The highest BCUT2D eigenvalue weighted by atomic mass is 16.3. The van der Waals surface area contributed by atoms with Crippen LogP contribution < -0.4 is 0 Å². The van der Waals surface area contributed by atoms with Crippen molar-refractivity contribution in [2.75, 3.05) is 0 Å². The molecule has 4 heteroatoms. The van der Waals surface area contributed by atoms with Gasteiger partial charge >= 0.3 is 0 Å². The lowest BCUT2D eigenvalue weighted by Crippen LogP contribution is -2.13. The van der Waals surface area contributed by atoms with Gasteiger partial charge in [-0.1, -0.05) is 6.08 Å². The van der Waals surface area contributed by atoms with E-state index in [1.807, 2.05) is 0 Å². The van der Waals surface area contributed by atoms with E-state index >= 15 is 0 Å². The Labute approximate surface area is 99.8 Å². The van der Waals surface area contributed by atoms with Crippen molar-refractivity contribution in [1.29, 1.82) is 0 Å². The van der Waals surface area contributed by atoms with Gasteiger partial charge in [0.05, 0.1) is 16.7 Å². The third kappa shape index (κ3) is 3.32. The number of rotatable bonds is 3. The van der Waals surface area contributed by atoms with E-state index in [-0.39, 0.29) is 28.4 Å². The summed E-state index contributed by atoms with van der Waals surface area (Å²) in [4.78, 5) is 11.2. The Morgan fingerprint density at radius 2 is 1.88 bits per heavy atom. The number of hydrogen-bond donors (Lipinski definition) is 3. The zero-order valence-corrected chi connectivity index (χ0v) is 10.1. The second-order valence-electron chi connectivity index (χ2n) is 4.44. The zero-order valence-electron chi connectivity index (χ0n) is 10.1. The van der Waals surface area contributed by atoms with Gasteiger partial charge in [-0.15, -0.1) is 0 Å². The third-order valence-corrected chi connectivity index (χ3v) is 2.23. The molecule has 0 saturated heterocycles. The molecule has 4 nitrogen and oxygen atoms in total. The quantitative estimate of drug-likeness (QED) is 0.702. The lowest BCUT2D eigenvalue weighted by Gasteiger charge is -2.11. The lowest BCUT2D eigenvalue weighted by atomic mass is 10.0. The predicted molar refractivity (Wildman–Crippen MR) is 65.1 cm³/mol. The molecule has 1 aromatic rings. The predicted octanol–water partition coefficient (Wildman–Crippen LogP) is 2.08. The number of phenols is 2. The van der Waals surface area contributed by atoms with Crippen molar-refractivity contribution in [1.82, 2.24) is 0 Å². The van der Waals surface area contributed by atoms with Gasteiger partial charge in [-0.2, -0.15) is 0 Å². The molecule has 0 aromatic heterocycles. The molecule has 3 N–H and O–H groups in total. The van der Waals surface area contributed by atoms with Gasteiger partial charge in [-0.25, -0.2) is 0 Å². The monoisotopic (exact) mass is 236 g/mol. The number of carbonyl (C=O) groups excluding carboxylic acids is 1. The minimum Gasteiger partial charge on any atom is -0.507 e. The van der Waals surface area contributed by atoms with E-state index < -0.39 is 5.60 Å². The average molecular weight is 236 g/mol. The Bertz CT molecular complexity index is 467. The summed E-state index contributed by atoms with van der Waals surface area (Å²) in [6.07, 6.45) is 2.81. The van der Waals surface area contributed by atoms with Gasteiger partial charge in [0.15, 0.2) is 5.78 Å². The summed E-state index contributed by atoms with van der Waals surface area (Å²) < 4.78 is 0. The molecule has 0 atom stereocenters. The fraction of sp³-hybridized carbons (Fsp3) is 0.308. The number of carbonyl (C=O) groups is 1. The molecule has 1 aromatic carbocycles. The molecular weight excluding hydrogens is 220 g/mol. The molecule has 0 aliphatic rings. The molecule has 0 bridgehead atoms. The Morgan fingerprint density at radius 3 is 2.35 bits per heavy atom. The summed E-state index contributed by atoms with van der Waals surface area (Å²) in [6.45, 7) is 4.45. The molecule has 0 spiro atoms. The van der Waals surface area contributed by atoms with E-state index in [9.17, 15) is 20.1 Å². The van der Waals surface area contributed by atoms with Crippen LogP contribution in [-0.4, -0.2) is 26.7 Å². The Hall–Kier alpha value is -1.81. The molecule has 0 aliphatic heterocycles. The van der Waals surface area contributed by atoms with Gasteiger partial charge in [-0.3, -0.25) is 4.79 Å². The molecule has 0 fully saturated rings. The van der Waals surface area contributed by atoms with Crippen molar-refractivity contribution < 1.29 is 20.1 Å². The van der Waals surface area contributed by atoms with Crippen LogP contribution in [0.25, 0.3) is 6.08 Å². The minimum atomic E-state index is -1.06. The van der Waals surface area contributed by atoms with E-state index in [0.29, 0.717) is 0 Å². The molecule has 0 amide bonds. The van der Waals surface area contributed by atoms with Crippen molar-refractivity contribution in [3.8, 4) is 11.5 Å². The summed E-state index contributed by atoms with van der Waals surface area (Å²) in [5, 5.41) is 28.9. The Kier molecular flexibility index (Phi) is 3.58. The van der Waals surface area contributed by atoms with Crippen LogP contribution in [0.5, 0.6) is 11.5 Å². The van der Waals surface area contributed by atoms with E-state index in [0.717, 1.165) is 0 Å². The maximum atomic E-state index is 11.2. The molecule has 0 unspecified atom stereocenters. The van der Waals surface area contributed by atoms with Gasteiger partial charge in [0.25, 0.3) is 0 Å². The molecule has 0 radical (unpaired) electrons. The number of ketones is 1. The van der Waals surface area contributed by atoms with Crippen LogP contribution in [0.4, 0.5) is 0 Å². The molecular formula is C13H16O4. The fourth-order valence-corrected chi connectivity index (χ4v) is 1.33. The van der Waals surface area contributed by atoms with Gasteiger partial charge < -0.3 is 15.3 Å². The summed E-state index contributed by atoms with van der Waals surface area (Å²) in [6, 6.07) is 2.69. The first-order chi connectivity index (χ1) is 7.72. The number of aliphatic hydroxyl groups is 1. The van der Waals surface area contributed by atoms with Crippen molar-refractivity contribution in [2.45, 2.75) is 26.4 Å². The topological polar surface area (TPSA) is 77.8 Å². The fourth-order valence-electron chi connectivity index (χ4n) is 1.33. The van der Waals surface area contributed by atoms with Crippen LogP contribution in [0.2, 0.25) is 0 Å². The largest absolute Gasteiger partial charge is 0.507 e. The van der Waals surface area contributed by atoms with Gasteiger partial charge in [-0.05, 0) is 39.0 Å². The second-order valence-corrected chi connectivity index (χ2v) is 4.44. The van der Waals surface area contributed by atoms with Crippen LogP contribution in [0.3, 0.4) is 0 Å². The summed E-state index contributed by atoms with van der Waals surface area (Å²) in [7, 11) is 0. The van der Waals surface area contributed by atoms with Crippen molar-refractivity contribution in [2.24, 2.45) is 0 Å². The summed E-state index contributed by atoms with van der Waals surface area (Å²) >= 11 is 0. The van der Waals surface area contributed by atoms with E-state index in [4.69, 9.17) is 0 Å². The summed E-state index contributed by atoms with van der Waals surface area (Å²) in [5.41, 5.74) is -0.802. The SMILES string of the molecule is CC(=O)c1ccc(O)c(/C=C/C(C)(C)O)c1O. The van der Waals surface area contributed by atoms with Crippen LogP contribution >= 0.6 is 0 Å². The van der Waals surface area contributed by atoms with Gasteiger partial charge in [0.2, 0.25) is 0 Å². The third-order valence-electron chi connectivity index (χ3n) is 2.23. The first kappa shape index (κ1) is 13.3. The van der Waals surface area contributed by atoms with Gasteiger partial charge in [0, 0.05) is 0 Å².